The van der Waals surface area contributed by atoms with Gasteiger partial charge in [-0.2, -0.15) is 0 Å². The molecular weight excluding hydrogens is 716 g/mol. The molecule has 0 radical (unpaired) electrons. The van der Waals surface area contributed by atoms with Gasteiger partial charge < -0.3 is 64.9 Å². The van der Waals surface area contributed by atoms with Crippen LogP contribution in [-0.2, 0) is 23.7 Å². The third-order valence-electron chi connectivity index (χ3n) is 17.3. The van der Waals surface area contributed by atoms with Crippen LogP contribution in [0.2, 0.25) is 0 Å². The average Bonchev–Trinajstić information content (AvgIpc) is 3.12. The Kier molecular flexibility index (Phi) is 10.6. The van der Waals surface area contributed by atoms with Crippen LogP contribution in [0.5, 0.6) is 0 Å². The van der Waals surface area contributed by atoms with Crippen molar-refractivity contribution in [1.82, 2.24) is 0 Å². The van der Waals surface area contributed by atoms with Gasteiger partial charge in [0.15, 0.2) is 6.29 Å². The second-order valence-electron chi connectivity index (χ2n) is 20.0. The van der Waals surface area contributed by atoms with Crippen LogP contribution in [0.25, 0.3) is 0 Å². The second-order valence-corrected chi connectivity index (χ2v) is 20.0. The molecule has 5 aliphatic carbocycles. The summed E-state index contributed by atoms with van der Waals surface area (Å²) in [5.74, 6) is -1.61. The molecule has 2 heterocycles. The third-order valence-corrected chi connectivity index (χ3v) is 17.3. The molecule has 7 rings (SSSR count). The molecule has 14 heteroatoms. The van der Waals surface area contributed by atoms with Gasteiger partial charge in [-0.25, -0.2) is 0 Å². The van der Waals surface area contributed by atoms with Crippen molar-refractivity contribution >= 4 is 5.97 Å². The van der Waals surface area contributed by atoms with Gasteiger partial charge in [0.1, 0.15) is 42.7 Å². The highest BCUT2D eigenvalue weighted by Crippen LogP contribution is 2.76. The SMILES string of the molecule is CC1C(O)CC2(C(=O)OC3OC(CO)C(O)C(O)C3O)CCC3(C)C(=CCC4C5(C)CCC(OC6OCC(O)C(O)C6O)C(C)(C)C5CCC43C)C2C1(C)O. The van der Waals surface area contributed by atoms with Crippen molar-refractivity contribution in [2.45, 2.75) is 173 Å². The molecule has 7 aliphatic rings. The summed E-state index contributed by atoms with van der Waals surface area (Å²) in [5.41, 5.74) is -3.06. The predicted octanol–water partition coefficient (Wildman–Crippen LogP) is 0.897. The molecule has 0 aromatic rings. The van der Waals surface area contributed by atoms with E-state index in [-0.39, 0.29) is 53.6 Å². The molecular formula is C41H66O14. The summed E-state index contributed by atoms with van der Waals surface area (Å²) < 4.78 is 23.6. The predicted molar refractivity (Wildman–Crippen MR) is 194 cm³/mol. The van der Waals surface area contributed by atoms with Crippen LogP contribution >= 0.6 is 0 Å². The van der Waals surface area contributed by atoms with Crippen LogP contribution in [0.3, 0.4) is 0 Å². The third kappa shape index (κ3) is 5.89. The second kappa shape index (κ2) is 13.9. The first-order valence-corrected chi connectivity index (χ1v) is 20.5. The van der Waals surface area contributed by atoms with Crippen molar-refractivity contribution in [3.8, 4) is 0 Å². The maximum Gasteiger partial charge on any atom is 0.315 e. The zero-order chi connectivity index (χ0) is 40.4. The summed E-state index contributed by atoms with van der Waals surface area (Å²) in [7, 11) is 0. The topological polar surface area (TPSA) is 236 Å². The average molecular weight is 783 g/mol. The van der Waals surface area contributed by atoms with Crippen molar-refractivity contribution in [2.24, 2.45) is 50.7 Å². The van der Waals surface area contributed by atoms with E-state index in [1.165, 1.54) is 0 Å². The van der Waals surface area contributed by atoms with Gasteiger partial charge in [0, 0.05) is 11.8 Å². The molecule has 20 unspecified atom stereocenters. The quantitative estimate of drug-likeness (QED) is 0.107. The lowest BCUT2D eigenvalue weighted by molar-refractivity contribution is -0.309. The first kappa shape index (κ1) is 41.9. The Morgan fingerprint density at radius 3 is 2.16 bits per heavy atom. The van der Waals surface area contributed by atoms with E-state index < -0.39 is 102 Å². The first-order chi connectivity index (χ1) is 25.5. The number of carbonyl (C=O) groups excluding carboxylic acids is 1. The van der Waals surface area contributed by atoms with Crippen LogP contribution in [0, 0.1) is 50.7 Å². The van der Waals surface area contributed by atoms with Gasteiger partial charge in [-0.1, -0.05) is 53.2 Å². The lowest BCUT2D eigenvalue weighted by Crippen LogP contribution is -2.70. The molecule has 0 bridgehead atoms. The van der Waals surface area contributed by atoms with Gasteiger partial charge in [-0.3, -0.25) is 4.79 Å². The highest BCUT2D eigenvalue weighted by molar-refractivity contribution is 5.79. The Hall–Kier alpha value is -1.27. The minimum absolute atomic E-state index is 0.0174. The van der Waals surface area contributed by atoms with Crippen LogP contribution in [-0.4, -0.2) is 138 Å². The zero-order valence-electron chi connectivity index (χ0n) is 33.4. The Morgan fingerprint density at radius 1 is 0.818 bits per heavy atom. The molecule has 6 fully saturated rings. The number of ether oxygens (including phenoxy) is 4. The highest BCUT2D eigenvalue weighted by Gasteiger charge is 2.73. The molecule has 4 saturated carbocycles. The highest BCUT2D eigenvalue weighted by atomic mass is 16.7. The number of aliphatic hydroxyl groups excluding tert-OH is 8. The van der Waals surface area contributed by atoms with Crippen molar-refractivity contribution in [2.75, 3.05) is 13.2 Å². The Morgan fingerprint density at radius 2 is 1.49 bits per heavy atom. The Labute approximate surface area is 323 Å². The number of esters is 1. The minimum atomic E-state index is -1.78. The molecule has 2 saturated heterocycles. The van der Waals surface area contributed by atoms with Crippen molar-refractivity contribution in [3.63, 3.8) is 0 Å². The fraction of sp³-hybridized carbons (Fsp3) is 0.927. The van der Waals surface area contributed by atoms with E-state index in [0.717, 1.165) is 24.8 Å². The number of rotatable bonds is 5. The largest absolute Gasteiger partial charge is 0.432 e. The smallest absolute Gasteiger partial charge is 0.315 e. The van der Waals surface area contributed by atoms with Crippen LogP contribution < -0.4 is 0 Å². The van der Waals surface area contributed by atoms with E-state index in [1.807, 2.05) is 0 Å². The summed E-state index contributed by atoms with van der Waals surface area (Å²) in [6.45, 7) is 14.2. The van der Waals surface area contributed by atoms with Gasteiger partial charge in [0.05, 0.1) is 36.4 Å². The van der Waals surface area contributed by atoms with Gasteiger partial charge in [0.2, 0.25) is 6.29 Å². The van der Waals surface area contributed by atoms with Gasteiger partial charge >= 0.3 is 5.97 Å². The molecule has 0 aromatic carbocycles. The summed E-state index contributed by atoms with van der Waals surface area (Å²) in [4.78, 5) is 14.6. The molecule has 14 nitrogen and oxygen atoms in total. The normalized spacial score (nSPS) is 56.2. The Balaban J connectivity index is 1.20. The van der Waals surface area contributed by atoms with Gasteiger partial charge in [0.25, 0.3) is 0 Å². The van der Waals surface area contributed by atoms with Crippen LogP contribution in [0.1, 0.15) is 99.8 Å². The molecule has 0 spiro atoms. The zero-order valence-corrected chi connectivity index (χ0v) is 33.4. The van der Waals surface area contributed by atoms with Crippen molar-refractivity contribution < 1.29 is 69.7 Å². The van der Waals surface area contributed by atoms with Crippen molar-refractivity contribution in [3.05, 3.63) is 11.6 Å². The number of hydrogen-bond acceptors (Lipinski definition) is 14. The molecule has 20 atom stereocenters. The number of carbonyl (C=O) groups is 1. The molecule has 55 heavy (non-hydrogen) atoms. The summed E-state index contributed by atoms with van der Waals surface area (Å²) in [6, 6.07) is 0. The number of allylic oxidation sites excluding steroid dienone is 1. The summed E-state index contributed by atoms with van der Waals surface area (Å²) in [5, 5.41) is 96.3. The summed E-state index contributed by atoms with van der Waals surface area (Å²) in [6.07, 6.45) is -7.13. The fourth-order valence-electron chi connectivity index (χ4n) is 13.6. The molecule has 314 valence electrons. The minimum Gasteiger partial charge on any atom is -0.432 e. The number of aliphatic hydroxyl groups is 9. The molecule has 0 amide bonds. The lowest BCUT2D eigenvalue weighted by atomic mass is 9.33. The Bertz CT molecular complexity index is 1500. The fourth-order valence-corrected chi connectivity index (χ4v) is 13.6. The summed E-state index contributed by atoms with van der Waals surface area (Å²) >= 11 is 0. The van der Waals surface area contributed by atoms with Crippen LogP contribution in [0.15, 0.2) is 11.6 Å². The van der Waals surface area contributed by atoms with Crippen LogP contribution in [0.4, 0.5) is 0 Å². The van der Waals surface area contributed by atoms with E-state index >= 15 is 0 Å². The standard InChI is InChI=1S/C41H66O14/c1-19-21(43)16-41(35(50)55-34-31(49)29(47)28(46)23(17-42)53-34)15-14-38(5)20(32(41)40(19,7)51)8-9-25-37(4)12-11-26(36(2,3)24(37)10-13-39(25,38)6)54-33-30(48)27(45)22(44)18-52-33/h8,19,21-34,42-49,51H,9-18H2,1-7H3. The van der Waals surface area contributed by atoms with E-state index in [4.69, 9.17) is 18.9 Å². The maximum absolute atomic E-state index is 14.6. The van der Waals surface area contributed by atoms with E-state index in [9.17, 15) is 50.8 Å². The van der Waals surface area contributed by atoms with Gasteiger partial charge in [-0.15, -0.1) is 0 Å². The molecule has 9 N–H and O–H groups in total. The lowest BCUT2D eigenvalue weighted by Gasteiger charge is -2.72. The first-order valence-electron chi connectivity index (χ1n) is 20.5. The van der Waals surface area contributed by atoms with E-state index in [1.54, 1.807) is 13.8 Å². The number of hydrogen-bond donors (Lipinski definition) is 9. The van der Waals surface area contributed by atoms with Crippen molar-refractivity contribution in [1.29, 1.82) is 0 Å². The monoisotopic (exact) mass is 782 g/mol. The molecule has 0 aromatic heterocycles. The molecule has 2 aliphatic heterocycles. The van der Waals surface area contributed by atoms with E-state index in [0.29, 0.717) is 19.3 Å². The maximum atomic E-state index is 14.6. The number of fused-ring (bicyclic) bond motifs is 7. The van der Waals surface area contributed by atoms with Gasteiger partial charge in [-0.05, 0) is 91.8 Å². The van der Waals surface area contributed by atoms with E-state index in [2.05, 4.69) is 40.7 Å².